The number of rotatable bonds is 4. The number of carbonyl (C=O) groups is 1. The maximum absolute atomic E-state index is 13.8. The molecule has 30 heavy (non-hydrogen) atoms. The Morgan fingerprint density at radius 3 is 2.27 bits per heavy atom. The van der Waals surface area contributed by atoms with Crippen LogP contribution in [0.3, 0.4) is 0 Å². The molecule has 0 radical (unpaired) electrons. The molecular formula is C20H13F3N4O3. The average molecular weight is 414 g/mol. The van der Waals surface area contributed by atoms with E-state index in [1.807, 2.05) is 0 Å². The highest BCUT2D eigenvalue weighted by atomic mass is 19.4. The van der Waals surface area contributed by atoms with Crippen LogP contribution in [0.5, 0.6) is 0 Å². The van der Waals surface area contributed by atoms with Gasteiger partial charge in [0.1, 0.15) is 5.56 Å². The number of aromatic nitrogens is 3. The smallest absolute Gasteiger partial charge is 0.355 e. The first kappa shape index (κ1) is 19.4. The number of alkyl halides is 3. The number of carbonyl (C=O) groups excluding carboxylic acids is 1. The van der Waals surface area contributed by atoms with Crippen molar-refractivity contribution < 1.29 is 27.0 Å². The molecule has 0 fully saturated rings. The lowest BCUT2D eigenvalue weighted by molar-refractivity contribution is -0.137. The normalized spacial score (nSPS) is 11.5. The summed E-state index contributed by atoms with van der Waals surface area (Å²) in [6.07, 6.45) is -4.75. The van der Waals surface area contributed by atoms with Crippen molar-refractivity contribution in [1.82, 2.24) is 15.3 Å². The van der Waals surface area contributed by atoms with E-state index in [0.717, 1.165) is 0 Å². The fourth-order valence-electron chi connectivity index (χ4n) is 2.83. The van der Waals surface area contributed by atoms with Crippen LogP contribution in [-0.2, 0) is 11.0 Å². The second kappa shape index (κ2) is 7.47. The maximum atomic E-state index is 13.8. The minimum absolute atomic E-state index is 0.0664. The van der Waals surface area contributed by atoms with Gasteiger partial charge in [0.25, 0.3) is 5.89 Å². The molecule has 0 aliphatic carbocycles. The van der Waals surface area contributed by atoms with Crippen molar-refractivity contribution in [3.8, 4) is 34.3 Å². The number of benzene rings is 2. The first-order valence-electron chi connectivity index (χ1n) is 8.67. The zero-order valence-corrected chi connectivity index (χ0v) is 15.4. The largest absolute Gasteiger partial charge is 0.422 e. The summed E-state index contributed by atoms with van der Waals surface area (Å²) in [6.45, 7) is 1.37. The molecule has 0 atom stereocenters. The van der Waals surface area contributed by atoms with Crippen molar-refractivity contribution in [2.45, 2.75) is 13.1 Å². The van der Waals surface area contributed by atoms with Gasteiger partial charge >= 0.3 is 6.18 Å². The van der Waals surface area contributed by atoms with Gasteiger partial charge in [0.05, 0.1) is 0 Å². The first-order valence-corrected chi connectivity index (χ1v) is 8.67. The van der Waals surface area contributed by atoms with E-state index in [2.05, 4.69) is 20.6 Å². The molecule has 2 aromatic carbocycles. The topological polar surface area (TPSA) is 94.1 Å². The molecule has 0 aliphatic rings. The molecule has 10 heteroatoms. The van der Waals surface area contributed by atoms with Gasteiger partial charge in [-0.05, 0) is 24.3 Å². The number of amides is 1. The Kier molecular flexibility index (Phi) is 4.82. The van der Waals surface area contributed by atoms with E-state index in [4.69, 9.17) is 9.05 Å². The summed E-state index contributed by atoms with van der Waals surface area (Å²) < 4.78 is 51.3. The van der Waals surface area contributed by atoms with Gasteiger partial charge in [0, 0.05) is 23.7 Å². The molecule has 0 unspecified atom stereocenters. The predicted molar refractivity (Wildman–Crippen MR) is 100.0 cm³/mol. The van der Waals surface area contributed by atoms with Gasteiger partial charge in [-0.15, -0.1) is 0 Å². The average Bonchev–Trinajstić information content (AvgIpc) is 3.36. The third-order valence-electron chi connectivity index (χ3n) is 4.10. The Labute approximate surface area is 167 Å². The summed E-state index contributed by atoms with van der Waals surface area (Å²) in [5.74, 6) is -1.02. The van der Waals surface area contributed by atoms with Crippen molar-refractivity contribution in [2.75, 3.05) is 5.32 Å². The molecular weight excluding hydrogens is 401 g/mol. The molecule has 0 aliphatic heterocycles. The monoisotopic (exact) mass is 414 g/mol. The minimum atomic E-state index is -4.75. The predicted octanol–water partition coefficient (Wildman–Crippen LogP) is 5.04. The Hall–Kier alpha value is -3.95. The summed E-state index contributed by atoms with van der Waals surface area (Å²) in [7, 11) is 0. The third kappa shape index (κ3) is 3.79. The standard InChI is InChI=1S/C20H13F3N4O3/c1-11(28)24-14-9-7-13(8-10-14)18-25-19(30-27-18)16-15(20(21,22)23)17(29-26-16)12-5-3-2-4-6-12/h2-10H,1H3,(H,24,28). The van der Waals surface area contributed by atoms with Gasteiger partial charge in [0.2, 0.25) is 11.7 Å². The summed E-state index contributed by atoms with van der Waals surface area (Å²) in [5.41, 5.74) is -0.422. The summed E-state index contributed by atoms with van der Waals surface area (Å²) in [6, 6.07) is 14.2. The Morgan fingerprint density at radius 2 is 1.63 bits per heavy atom. The molecule has 0 saturated heterocycles. The van der Waals surface area contributed by atoms with E-state index >= 15 is 0 Å². The van der Waals surface area contributed by atoms with Crippen molar-refractivity contribution in [1.29, 1.82) is 0 Å². The van der Waals surface area contributed by atoms with Crippen LogP contribution in [0.1, 0.15) is 12.5 Å². The third-order valence-corrected chi connectivity index (χ3v) is 4.10. The van der Waals surface area contributed by atoms with E-state index < -0.39 is 29.1 Å². The van der Waals surface area contributed by atoms with Crippen molar-refractivity contribution in [3.05, 3.63) is 60.2 Å². The van der Waals surface area contributed by atoms with Crippen LogP contribution in [0.25, 0.3) is 34.3 Å². The van der Waals surface area contributed by atoms with Gasteiger partial charge in [-0.3, -0.25) is 4.79 Å². The lowest BCUT2D eigenvalue weighted by Gasteiger charge is -2.06. The molecule has 0 saturated carbocycles. The highest BCUT2D eigenvalue weighted by molar-refractivity contribution is 5.88. The van der Waals surface area contributed by atoms with E-state index in [-0.39, 0.29) is 17.3 Å². The summed E-state index contributed by atoms with van der Waals surface area (Å²) in [5, 5.41) is 9.89. The van der Waals surface area contributed by atoms with Crippen molar-refractivity contribution >= 4 is 11.6 Å². The van der Waals surface area contributed by atoms with Gasteiger partial charge in [-0.1, -0.05) is 40.6 Å². The van der Waals surface area contributed by atoms with Crippen LogP contribution in [-0.4, -0.2) is 21.2 Å². The molecule has 2 aromatic heterocycles. The van der Waals surface area contributed by atoms with E-state index in [9.17, 15) is 18.0 Å². The van der Waals surface area contributed by atoms with Gasteiger partial charge in [-0.25, -0.2) is 0 Å². The molecule has 2 heterocycles. The van der Waals surface area contributed by atoms with E-state index in [0.29, 0.717) is 11.3 Å². The zero-order chi connectivity index (χ0) is 21.3. The van der Waals surface area contributed by atoms with Crippen LogP contribution >= 0.6 is 0 Å². The molecule has 0 spiro atoms. The number of hydrogen-bond acceptors (Lipinski definition) is 6. The SMILES string of the molecule is CC(=O)Nc1ccc(-c2noc(-c3noc(-c4ccccc4)c3C(F)(F)F)n2)cc1. The molecule has 0 bridgehead atoms. The maximum Gasteiger partial charge on any atom is 0.422 e. The molecule has 4 rings (SSSR count). The molecule has 152 valence electrons. The van der Waals surface area contributed by atoms with Crippen LogP contribution in [0.15, 0.2) is 63.6 Å². The lowest BCUT2D eigenvalue weighted by Crippen LogP contribution is -2.07. The highest BCUT2D eigenvalue weighted by Crippen LogP contribution is 2.43. The Balaban J connectivity index is 1.72. The number of nitrogens with zero attached hydrogens (tertiary/aromatic N) is 3. The second-order valence-corrected chi connectivity index (χ2v) is 6.28. The number of nitrogens with one attached hydrogen (secondary N) is 1. The number of halogens is 3. The molecule has 1 N–H and O–H groups in total. The van der Waals surface area contributed by atoms with Gasteiger partial charge in [-0.2, -0.15) is 18.2 Å². The fraction of sp³-hybridized carbons (Fsp3) is 0.100. The number of anilines is 1. The quantitative estimate of drug-likeness (QED) is 0.503. The zero-order valence-electron chi connectivity index (χ0n) is 15.4. The fourth-order valence-corrected chi connectivity index (χ4v) is 2.83. The van der Waals surface area contributed by atoms with Crippen molar-refractivity contribution in [3.63, 3.8) is 0 Å². The number of hydrogen-bond donors (Lipinski definition) is 1. The second-order valence-electron chi connectivity index (χ2n) is 6.28. The first-order chi connectivity index (χ1) is 14.3. The molecule has 4 aromatic rings. The van der Waals surface area contributed by atoms with Crippen LogP contribution in [0.4, 0.5) is 18.9 Å². The van der Waals surface area contributed by atoms with Gasteiger partial charge < -0.3 is 14.4 Å². The lowest BCUT2D eigenvalue weighted by atomic mass is 10.1. The minimum Gasteiger partial charge on any atom is -0.355 e. The van der Waals surface area contributed by atoms with E-state index in [1.54, 1.807) is 42.5 Å². The molecule has 1 amide bonds. The van der Waals surface area contributed by atoms with Crippen LogP contribution in [0.2, 0.25) is 0 Å². The van der Waals surface area contributed by atoms with Crippen LogP contribution < -0.4 is 5.32 Å². The van der Waals surface area contributed by atoms with Gasteiger partial charge in [0.15, 0.2) is 11.5 Å². The van der Waals surface area contributed by atoms with Crippen molar-refractivity contribution in [2.24, 2.45) is 0 Å². The highest BCUT2D eigenvalue weighted by Gasteiger charge is 2.42. The Morgan fingerprint density at radius 1 is 0.933 bits per heavy atom. The van der Waals surface area contributed by atoms with E-state index in [1.165, 1.54) is 19.1 Å². The summed E-state index contributed by atoms with van der Waals surface area (Å²) in [4.78, 5) is 15.1. The summed E-state index contributed by atoms with van der Waals surface area (Å²) >= 11 is 0. The molecule has 7 nitrogen and oxygen atoms in total. The van der Waals surface area contributed by atoms with Crippen LogP contribution in [0, 0.1) is 0 Å². The Bertz CT molecular complexity index is 1180.